The Bertz CT molecular complexity index is 733. The van der Waals surface area contributed by atoms with Crippen molar-refractivity contribution in [3.05, 3.63) is 77.4 Å². The van der Waals surface area contributed by atoms with Gasteiger partial charge >= 0.3 is 0 Å². The van der Waals surface area contributed by atoms with Gasteiger partial charge in [-0.2, -0.15) is 4.98 Å². The molecule has 0 atom stereocenters. The third-order valence-electron chi connectivity index (χ3n) is 3.89. The molecule has 2 aromatic carbocycles. The van der Waals surface area contributed by atoms with Crippen LogP contribution in [0.3, 0.4) is 0 Å². The summed E-state index contributed by atoms with van der Waals surface area (Å²) in [5.74, 6) is 2.67. The molecule has 0 N–H and O–H groups in total. The van der Waals surface area contributed by atoms with E-state index in [2.05, 4.69) is 11.9 Å². The predicted molar refractivity (Wildman–Crippen MR) is 91.5 cm³/mol. The second-order valence-corrected chi connectivity index (χ2v) is 5.43. The molecule has 0 fully saturated rings. The van der Waals surface area contributed by atoms with Crippen LogP contribution in [0.25, 0.3) is 0 Å². The number of aromatic nitrogens is 1. The molecule has 3 heteroatoms. The number of ether oxygens (including phenoxy) is 2. The minimum atomic E-state index is 0.574. The normalized spacial score (nSPS) is 10.4. The van der Waals surface area contributed by atoms with Crippen LogP contribution < -0.4 is 9.47 Å². The lowest BCUT2D eigenvalue weighted by Gasteiger charge is -2.15. The van der Waals surface area contributed by atoms with Gasteiger partial charge in [-0.05, 0) is 50.6 Å². The Morgan fingerprint density at radius 2 is 0.957 bits per heavy atom. The third kappa shape index (κ3) is 3.34. The van der Waals surface area contributed by atoms with Gasteiger partial charge in [0, 0.05) is 11.1 Å². The van der Waals surface area contributed by atoms with Gasteiger partial charge in [0.1, 0.15) is 11.5 Å². The molecular formula is C20H19NO2. The standard InChI is InChI=1S/C20H19NO2/c1-14-15(2)19(22-17-10-6-4-7-11-17)21-20(16(14)3)23-18-12-8-5-9-13-18/h4-13H,1-3H3. The lowest BCUT2D eigenvalue weighted by molar-refractivity contribution is 0.420. The van der Waals surface area contributed by atoms with E-state index in [1.165, 1.54) is 0 Å². The molecule has 0 bridgehead atoms. The Balaban J connectivity index is 1.97. The van der Waals surface area contributed by atoms with Gasteiger partial charge in [0.15, 0.2) is 0 Å². The van der Waals surface area contributed by atoms with Crippen molar-refractivity contribution in [2.45, 2.75) is 20.8 Å². The number of nitrogens with zero attached hydrogens (tertiary/aromatic N) is 1. The molecule has 0 spiro atoms. The zero-order valence-electron chi connectivity index (χ0n) is 13.5. The van der Waals surface area contributed by atoms with Gasteiger partial charge in [-0.15, -0.1) is 0 Å². The van der Waals surface area contributed by atoms with Gasteiger partial charge in [-0.25, -0.2) is 0 Å². The Hall–Kier alpha value is -2.81. The fourth-order valence-electron chi connectivity index (χ4n) is 2.26. The number of para-hydroxylation sites is 2. The molecule has 3 nitrogen and oxygen atoms in total. The van der Waals surface area contributed by atoms with Crippen LogP contribution in [0.4, 0.5) is 0 Å². The summed E-state index contributed by atoms with van der Waals surface area (Å²) in [6.07, 6.45) is 0. The molecule has 23 heavy (non-hydrogen) atoms. The molecule has 0 amide bonds. The van der Waals surface area contributed by atoms with Gasteiger partial charge < -0.3 is 9.47 Å². The maximum absolute atomic E-state index is 5.93. The van der Waals surface area contributed by atoms with Crippen LogP contribution in [0.1, 0.15) is 16.7 Å². The van der Waals surface area contributed by atoms with Crippen molar-refractivity contribution in [3.63, 3.8) is 0 Å². The molecule has 1 aromatic heterocycles. The van der Waals surface area contributed by atoms with Crippen molar-refractivity contribution >= 4 is 0 Å². The molecule has 0 saturated heterocycles. The average molecular weight is 305 g/mol. The molecule has 0 unspecified atom stereocenters. The van der Waals surface area contributed by atoms with Crippen molar-refractivity contribution in [1.29, 1.82) is 0 Å². The molecule has 3 rings (SSSR count). The number of pyridine rings is 1. The average Bonchev–Trinajstić information content (AvgIpc) is 2.59. The molecular weight excluding hydrogens is 286 g/mol. The summed E-state index contributed by atoms with van der Waals surface area (Å²) in [5.41, 5.74) is 3.16. The highest BCUT2D eigenvalue weighted by Crippen LogP contribution is 2.33. The Labute approximate surface area is 136 Å². The second-order valence-electron chi connectivity index (χ2n) is 5.43. The first-order valence-corrected chi connectivity index (χ1v) is 7.59. The number of benzene rings is 2. The fourth-order valence-corrected chi connectivity index (χ4v) is 2.26. The van der Waals surface area contributed by atoms with Crippen molar-refractivity contribution in [3.8, 4) is 23.3 Å². The maximum Gasteiger partial charge on any atom is 0.225 e. The van der Waals surface area contributed by atoms with E-state index in [4.69, 9.17) is 9.47 Å². The lowest BCUT2D eigenvalue weighted by atomic mass is 10.1. The van der Waals surface area contributed by atoms with E-state index in [1.54, 1.807) is 0 Å². The highest BCUT2D eigenvalue weighted by atomic mass is 16.5. The van der Waals surface area contributed by atoms with Crippen LogP contribution in [-0.4, -0.2) is 4.98 Å². The highest BCUT2D eigenvalue weighted by Gasteiger charge is 2.14. The SMILES string of the molecule is Cc1c(Oc2ccccc2)nc(Oc2ccccc2)c(C)c1C. The highest BCUT2D eigenvalue weighted by molar-refractivity contribution is 5.46. The van der Waals surface area contributed by atoms with Crippen molar-refractivity contribution < 1.29 is 9.47 Å². The van der Waals surface area contributed by atoms with Crippen LogP contribution in [0, 0.1) is 20.8 Å². The molecule has 0 aliphatic heterocycles. The second kappa shape index (κ2) is 6.53. The molecule has 3 aromatic rings. The van der Waals surface area contributed by atoms with Gasteiger partial charge in [0.2, 0.25) is 11.8 Å². The predicted octanol–water partition coefficient (Wildman–Crippen LogP) is 5.59. The van der Waals surface area contributed by atoms with E-state index in [1.807, 2.05) is 74.5 Å². The van der Waals surface area contributed by atoms with Gasteiger partial charge in [0.05, 0.1) is 0 Å². The summed E-state index contributed by atoms with van der Waals surface area (Å²) < 4.78 is 11.9. The first-order chi connectivity index (χ1) is 11.1. The van der Waals surface area contributed by atoms with Crippen LogP contribution in [0.5, 0.6) is 23.3 Å². The first-order valence-electron chi connectivity index (χ1n) is 7.59. The largest absolute Gasteiger partial charge is 0.439 e. The van der Waals surface area contributed by atoms with E-state index >= 15 is 0 Å². The number of hydrogen-bond acceptors (Lipinski definition) is 3. The number of rotatable bonds is 4. The Kier molecular flexibility index (Phi) is 4.29. The van der Waals surface area contributed by atoms with Gasteiger partial charge in [0.25, 0.3) is 0 Å². The summed E-state index contributed by atoms with van der Waals surface area (Å²) >= 11 is 0. The smallest absolute Gasteiger partial charge is 0.225 e. The van der Waals surface area contributed by atoms with Crippen LogP contribution in [0.2, 0.25) is 0 Å². The summed E-state index contributed by atoms with van der Waals surface area (Å²) in [6, 6.07) is 19.3. The van der Waals surface area contributed by atoms with Crippen molar-refractivity contribution in [1.82, 2.24) is 4.98 Å². The van der Waals surface area contributed by atoms with E-state index in [0.717, 1.165) is 28.2 Å². The van der Waals surface area contributed by atoms with E-state index in [-0.39, 0.29) is 0 Å². The lowest BCUT2D eigenvalue weighted by Crippen LogP contribution is -2.00. The topological polar surface area (TPSA) is 31.4 Å². The minimum Gasteiger partial charge on any atom is -0.439 e. The van der Waals surface area contributed by atoms with Gasteiger partial charge in [-0.1, -0.05) is 36.4 Å². The van der Waals surface area contributed by atoms with Gasteiger partial charge in [-0.3, -0.25) is 0 Å². The van der Waals surface area contributed by atoms with E-state index < -0.39 is 0 Å². The van der Waals surface area contributed by atoms with Crippen LogP contribution in [0.15, 0.2) is 60.7 Å². The molecule has 0 saturated carbocycles. The summed E-state index contributed by atoms with van der Waals surface area (Å²) in [7, 11) is 0. The zero-order valence-corrected chi connectivity index (χ0v) is 13.5. The molecule has 0 radical (unpaired) electrons. The Morgan fingerprint density at radius 3 is 1.35 bits per heavy atom. The van der Waals surface area contributed by atoms with Crippen LogP contribution >= 0.6 is 0 Å². The Morgan fingerprint density at radius 1 is 0.565 bits per heavy atom. The van der Waals surface area contributed by atoms with E-state index in [0.29, 0.717) is 11.8 Å². The molecule has 0 aliphatic carbocycles. The number of hydrogen-bond donors (Lipinski definition) is 0. The molecule has 116 valence electrons. The maximum atomic E-state index is 5.93. The summed E-state index contributed by atoms with van der Waals surface area (Å²) in [6.45, 7) is 6.09. The van der Waals surface area contributed by atoms with Crippen LogP contribution in [-0.2, 0) is 0 Å². The van der Waals surface area contributed by atoms with E-state index in [9.17, 15) is 0 Å². The monoisotopic (exact) mass is 305 g/mol. The molecule has 0 aliphatic rings. The van der Waals surface area contributed by atoms with Crippen molar-refractivity contribution in [2.24, 2.45) is 0 Å². The minimum absolute atomic E-state index is 0.574. The summed E-state index contributed by atoms with van der Waals surface area (Å²) in [5, 5.41) is 0. The first kappa shape index (κ1) is 15.1. The van der Waals surface area contributed by atoms with Crippen molar-refractivity contribution in [2.75, 3.05) is 0 Å². The third-order valence-corrected chi connectivity index (χ3v) is 3.89. The quantitative estimate of drug-likeness (QED) is 0.629. The zero-order chi connectivity index (χ0) is 16.2. The fraction of sp³-hybridized carbons (Fsp3) is 0.150. The summed E-state index contributed by atoms with van der Waals surface area (Å²) in [4.78, 5) is 4.58. The molecule has 1 heterocycles.